The van der Waals surface area contributed by atoms with Gasteiger partial charge in [0.1, 0.15) is 5.60 Å². The summed E-state index contributed by atoms with van der Waals surface area (Å²) in [5.74, 6) is 2.88. The van der Waals surface area contributed by atoms with Gasteiger partial charge in [0.25, 0.3) is 0 Å². The van der Waals surface area contributed by atoms with Gasteiger partial charge in [-0.3, -0.25) is 4.99 Å². The highest BCUT2D eigenvalue weighted by atomic mass is 16.6. The van der Waals surface area contributed by atoms with E-state index < -0.39 is 5.60 Å². The summed E-state index contributed by atoms with van der Waals surface area (Å²) in [4.78, 5) is 18.6. The molecule has 2 aliphatic carbocycles. The number of ether oxygens (including phenoxy) is 2. The van der Waals surface area contributed by atoms with Crippen LogP contribution in [0.2, 0.25) is 0 Å². The molecule has 3 aliphatic rings. The van der Waals surface area contributed by atoms with E-state index in [4.69, 9.17) is 9.47 Å². The quantitative estimate of drug-likeness (QED) is 0.359. The summed E-state index contributed by atoms with van der Waals surface area (Å²) in [5, 5.41) is 6.53. The summed E-state index contributed by atoms with van der Waals surface area (Å²) in [6, 6.07) is 0.633. The normalized spacial score (nSPS) is 25.9. The van der Waals surface area contributed by atoms with Crippen molar-refractivity contribution in [2.24, 2.45) is 16.8 Å². The molecule has 3 rings (SSSR count). The number of amides is 1. The highest BCUT2D eigenvalue weighted by Crippen LogP contribution is 2.44. The Kier molecular flexibility index (Phi) is 8.87. The summed E-state index contributed by atoms with van der Waals surface area (Å²) in [5.41, 5.74) is -0.458. The van der Waals surface area contributed by atoms with Crippen molar-refractivity contribution < 1.29 is 14.3 Å². The van der Waals surface area contributed by atoms with E-state index in [0.717, 1.165) is 50.1 Å². The number of nitrogens with one attached hydrogen (secondary N) is 2. The van der Waals surface area contributed by atoms with Gasteiger partial charge in [-0.2, -0.15) is 0 Å². The minimum Gasteiger partial charge on any atom is -0.444 e. The first-order valence-electron chi connectivity index (χ1n) is 12.4. The average Bonchev–Trinajstić information content (AvgIpc) is 3.51. The van der Waals surface area contributed by atoms with E-state index >= 15 is 0 Å². The monoisotopic (exact) mass is 436 g/mol. The number of rotatable bonds is 7. The molecule has 1 amide bonds. The standard InChI is InChI=1S/C24H44N4O3/c1-24(2,3)31-23(29)26-13-8-16-30-19-11-14-28(15-12-19)22(25-4)27-21-17-20(21)18-9-6-5-7-10-18/h18-21H,5-17H2,1-4H3,(H,25,27)(H,26,29). The van der Waals surface area contributed by atoms with Crippen molar-refractivity contribution in [3.63, 3.8) is 0 Å². The number of hydrogen-bond acceptors (Lipinski definition) is 4. The van der Waals surface area contributed by atoms with Crippen LogP contribution in [0.1, 0.15) is 78.6 Å². The van der Waals surface area contributed by atoms with Crippen LogP contribution in [-0.2, 0) is 9.47 Å². The lowest BCUT2D eigenvalue weighted by atomic mass is 9.85. The molecule has 0 aromatic carbocycles. The van der Waals surface area contributed by atoms with Crippen molar-refractivity contribution in [1.29, 1.82) is 0 Å². The molecule has 2 unspecified atom stereocenters. The number of nitrogens with zero attached hydrogens (tertiary/aromatic N) is 2. The molecular formula is C24H44N4O3. The molecule has 2 saturated carbocycles. The predicted octanol–water partition coefficient (Wildman–Crippen LogP) is 3.93. The van der Waals surface area contributed by atoms with E-state index in [1.54, 1.807) is 0 Å². The van der Waals surface area contributed by atoms with Crippen LogP contribution < -0.4 is 10.6 Å². The Bertz CT molecular complexity index is 590. The minimum atomic E-state index is -0.458. The molecule has 178 valence electrons. The van der Waals surface area contributed by atoms with Gasteiger partial charge in [0.15, 0.2) is 5.96 Å². The van der Waals surface area contributed by atoms with Crippen LogP contribution in [0, 0.1) is 11.8 Å². The van der Waals surface area contributed by atoms with Gasteiger partial charge in [-0.15, -0.1) is 0 Å². The van der Waals surface area contributed by atoms with Crippen LogP contribution in [0.15, 0.2) is 4.99 Å². The third-order valence-corrected chi connectivity index (χ3v) is 6.71. The Morgan fingerprint density at radius 2 is 1.81 bits per heavy atom. The van der Waals surface area contributed by atoms with E-state index in [1.807, 2.05) is 27.8 Å². The Morgan fingerprint density at radius 1 is 1.10 bits per heavy atom. The largest absolute Gasteiger partial charge is 0.444 e. The fourth-order valence-corrected chi connectivity index (χ4v) is 4.99. The number of piperidine rings is 1. The highest BCUT2D eigenvalue weighted by molar-refractivity contribution is 5.80. The third kappa shape index (κ3) is 8.17. The minimum absolute atomic E-state index is 0.298. The lowest BCUT2D eigenvalue weighted by Gasteiger charge is -2.34. The lowest BCUT2D eigenvalue weighted by Crippen LogP contribution is -2.48. The number of carbonyl (C=O) groups is 1. The Labute approximate surface area is 188 Å². The average molecular weight is 437 g/mol. The molecule has 1 heterocycles. The van der Waals surface area contributed by atoms with Crippen molar-refractivity contribution in [3.8, 4) is 0 Å². The molecule has 0 bridgehead atoms. The van der Waals surface area contributed by atoms with Crippen LogP contribution in [0.25, 0.3) is 0 Å². The summed E-state index contributed by atoms with van der Waals surface area (Å²) in [6.45, 7) is 8.82. The summed E-state index contributed by atoms with van der Waals surface area (Å²) >= 11 is 0. The molecule has 1 aliphatic heterocycles. The van der Waals surface area contributed by atoms with Crippen molar-refractivity contribution >= 4 is 12.1 Å². The van der Waals surface area contributed by atoms with E-state index in [9.17, 15) is 4.79 Å². The van der Waals surface area contributed by atoms with Crippen molar-refractivity contribution in [2.75, 3.05) is 33.3 Å². The Balaban J connectivity index is 1.26. The molecule has 2 atom stereocenters. The van der Waals surface area contributed by atoms with Crippen molar-refractivity contribution in [1.82, 2.24) is 15.5 Å². The van der Waals surface area contributed by atoms with Gasteiger partial charge in [-0.25, -0.2) is 4.79 Å². The molecular weight excluding hydrogens is 392 g/mol. The van der Waals surface area contributed by atoms with Crippen molar-refractivity contribution in [3.05, 3.63) is 0 Å². The van der Waals surface area contributed by atoms with E-state index in [1.165, 1.54) is 38.5 Å². The van der Waals surface area contributed by atoms with Crippen LogP contribution in [0.5, 0.6) is 0 Å². The Hall–Kier alpha value is -1.50. The zero-order valence-corrected chi connectivity index (χ0v) is 20.1. The fourth-order valence-electron chi connectivity index (χ4n) is 4.99. The molecule has 2 N–H and O–H groups in total. The van der Waals surface area contributed by atoms with Gasteiger partial charge in [0.2, 0.25) is 0 Å². The van der Waals surface area contributed by atoms with Crippen LogP contribution in [0.3, 0.4) is 0 Å². The van der Waals surface area contributed by atoms with E-state index in [0.29, 0.717) is 25.3 Å². The third-order valence-electron chi connectivity index (χ3n) is 6.71. The van der Waals surface area contributed by atoms with Gasteiger partial charge in [-0.05, 0) is 58.3 Å². The number of hydrogen-bond donors (Lipinski definition) is 2. The molecule has 0 aromatic rings. The number of alkyl carbamates (subject to hydrolysis) is 1. The summed E-state index contributed by atoms with van der Waals surface area (Å²) in [6.07, 6.45) is 11.2. The van der Waals surface area contributed by atoms with Crippen LogP contribution in [-0.4, -0.2) is 68.0 Å². The maximum absolute atomic E-state index is 11.6. The fraction of sp³-hybridized carbons (Fsp3) is 0.917. The van der Waals surface area contributed by atoms with Gasteiger partial charge in [0, 0.05) is 39.3 Å². The van der Waals surface area contributed by atoms with Gasteiger partial charge in [0.05, 0.1) is 6.10 Å². The molecule has 0 radical (unpaired) electrons. The van der Waals surface area contributed by atoms with E-state index in [2.05, 4.69) is 20.5 Å². The number of guanidine groups is 1. The first-order valence-corrected chi connectivity index (χ1v) is 12.4. The second kappa shape index (κ2) is 11.4. The van der Waals surface area contributed by atoms with Crippen molar-refractivity contribution in [2.45, 2.75) is 96.3 Å². The van der Waals surface area contributed by atoms with Gasteiger partial charge < -0.3 is 25.0 Å². The summed E-state index contributed by atoms with van der Waals surface area (Å²) < 4.78 is 11.3. The Morgan fingerprint density at radius 3 is 2.45 bits per heavy atom. The lowest BCUT2D eigenvalue weighted by molar-refractivity contribution is 0.0170. The maximum atomic E-state index is 11.6. The topological polar surface area (TPSA) is 75.2 Å². The molecule has 0 spiro atoms. The molecule has 1 saturated heterocycles. The zero-order chi connectivity index (χ0) is 22.3. The number of aliphatic imine (C=N–C) groups is 1. The molecule has 0 aromatic heterocycles. The van der Waals surface area contributed by atoms with Crippen LogP contribution in [0.4, 0.5) is 4.79 Å². The molecule has 7 heteroatoms. The van der Waals surface area contributed by atoms with E-state index in [-0.39, 0.29) is 6.09 Å². The smallest absolute Gasteiger partial charge is 0.407 e. The van der Waals surface area contributed by atoms with Gasteiger partial charge in [-0.1, -0.05) is 32.1 Å². The maximum Gasteiger partial charge on any atom is 0.407 e. The zero-order valence-electron chi connectivity index (χ0n) is 20.1. The first kappa shape index (κ1) is 24.1. The molecule has 7 nitrogen and oxygen atoms in total. The summed E-state index contributed by atoms with van der Waals surface area (Å²) in [7, 11) is 1.90. The van der Waals surface area contributed by atoms with Gasteiger partial charge >= 0.3 is 6.09 Å². The first-order chi connectivity index (χ1) is 14.9. The SMILES string of the molecule is CN=C(NC1CC1C1CCCCC1)N1CCC(OCCCNC(=O)OC(C)(C)C)CC1. The highest BCUT2D eigenvalue weighted by Gasteiger charge is 2.44. The van der Waals surface area contributed by atoms with Crippen LogP contribution >= 0.6 is 0 Å². The molecule has 3 fully saturated rings. The number of likely N-dealkylation sites (tertiary alicyclic amines) is 1. The molecule has 31 heavy (non-hydrogen) atoms. The second-order valence-corrected chi connectivity index (χ2v) is 10.4. The second-order valence-electron chi connectivity index (χ2n) is 10.4. The predicted molar refractivity (Wildman–Crippen MR) is 124 cm³/mol. The number of carbonyl (C=O) groups excluding carboxylic acids is 1.